The summed E-state index contributed by atoms with van der Waals surface area (Å²) in [5, 5.41) is 0. The second-order valence-electron chi connectivity index (χ2n) is 4.73. The molecular weight excluding hydrogens is 212 g/mol. The van der Waals surface area contributed by atoms with E-state index in [9.17, 15) is 0 Å². The number of nitrogens with two attached hydrogens (primary N) is 1. The predicted octanol–water partition coefficient (Wildman–Crippen LogP) is 2.26. The lowest BCUT2D eigenvalue weighted by atomic mass is 9.94. The first-order chi connectivity index (χ1) is 8.33. The van der Waals surface area contributed by atoms with Gasteiger partial charge in [-0.3, -0.25) is 0 Å². The molecule has 0 bridgehead atoms. The van der Waals surface area contributed by atoms with E-state index in [0.29, 0.717) is 0 Å². The molecule has 1 fully saturated rings. The fraction of sp³-hybridized carbons (Fsp3) is 0.571. The molecule has 3 nitrogen and oxygen atoms in total. The Kier molecular flexibility index (Phi) is 4.26. The Labute approximate surface area is 104 Å². The van der Waals surface area contributed by atoms with Gasteiger partial charge in [0.05, 0.1) is 7.11 Å². The summed E-state index contributed by atoms with van der Waals surface area (Å²) in [6.45, 7) is 3.11. The lowest BCUT2D eigenvalue weighted by Gasteiger charge is -2.34. The second-order valence-corrected chi connectivity index (χ2v) is 4.73. The Morgan fingerprint density at radius 3 is 2.76 bits per heavy atom. The van der Waals surface area contributed by atoms with Crippen molar-refractivity contribution >= 4 is 5.69 Å². The van der Waals surface area contributed by atoms with Gasteiger partial charge in [-0.15, -0.1) is 0 Å². The van der Waals surface area contributed by atoms with E-state index in [-0.39, 0.29) is 0 Å². The van der Waals surface area contributed by atoms with Gasteiger partial charge in [0, 0.05) is 18.8 Å². The van der Waals surface area contributed by atoms with Gasteiger partial charge in [0.2, 0.25) is 0 Å². The molecule has 2 rings (SSSR count). The molecule has 0 amide bonds. The van der Waals surface area contributed by atoms with Gasteiger partial charge in [-0.25, -0.2) is 0 Å². The topological polar surface area (TPSA) is 38.5 Å². The molecule has 0 aromatic heterocycles. The lowest BCUT2D eigenvalue weighted by molar-refractivity contribution is 0.395. The molecule has 1 aromatic rings. The molecule has 0 aliphatic carbocycles. The van der Waals surface area contributed by atoms with Crippen molar-refractivity contribution in [1.29, 1.82) is 0 Å². The van der Waals surface area contributed by atoms with Crippen LogP contribution in [-0.2, 0) is 0 Å². The highest BCUT2D eigenvalue weighted by Gasteiger charge is 2.19. The number of benzene rings is 1. The highest BCUT2D eigenvalue weighted by molar-refractivity contribution is 5.49. The van der Waals surface area contributed by atoms with Gasteiger partial charge in [0.15, 0.2) is 0 Å². The van der Waals surface area contributed by atoms with Gasteiger partial charge in [0.1, 0.15) is 5.75 Å². The van der Waals surface area contributed by atoms with Crippen molar-refractivity contribution in [3.05, 3.63) is 24.3 Å². The summed E-state index contributed by atoms with van der Waals surface area (Å²) >= 11 is 0. The monoisotopic (exact) mass is 234 g/mol. The number of anilines is 1. The van der Waals surface area contributed by atoms with Crippen molar-refractivity contribution in [2.75, 3.05) is 31.6 Å². The van der Waals surface area contributed by atoms with Crippen LogP contribution in [-0.4, -0.2) is 26.7 Å². The van der Waals surface area contributed by atoms with E-state index in [1.165, 1.54) is 18.5 Å². The quantitative estimate of drug-likeness (QED) is 0.868. The van der Waals surface area contributed by atoms with E-state index in [1.807, 2.05) is 12.1 Å². The number of hydrogen-bond donors (Lipinski definition) is 1. The van der Waals surface area contributed by atoms with E-state index in [0.717, 1.165) is 37.7 Å². The molecule has 1 atom stereocenters. The molecule has 1 aliphatic heterocycles. The summed E-state index contributed by atoms with van der Waals surface area (Å²) < 4.78 is 5.18. The molecule has 1 aromatic carbocycles. The molecule has 1 aliphatic rings. The van der Waals surface area contributed by atoms with Gasteiger partial charge in [-0.2, -0.15) is 0 Å². The summed E-state index contributed by atoms with van der Waals surface area (Å²) in [6, 6.07) is 8.34. The zero-order valence-electron chi connectivity index (χ0n) is 10.6. The highest BCUT2D eigenvalue weighted by atomic mass is 16.5. The first-order valence-electron chi connectivity index (χ1n) is 6.42. The molecule has 1 saturated heterocycles. The van der Waals surface area contributed by atoms with E-state index in [2.05, 4.69) is 17.0 Å². The average Bonchev–Trinajstić information content (AvgIpc) is 2.40. The molecular formula is C14H22N2O. The highest BCUT2D eigenvalue weighted by Crippen LogP contribution is 2.26. The van der Waals surface area contributed by atoms with Crippen LogP contribution in [0, 0.1) is 5.92 Å². The van der Waals surface area contributed by atoms with Crippen LogP contribution in [0.25, 0.3) is 0 Å². The number of rotatable bonds is 4. The second kappa shape index (κ2) is 5.92. The molecule has 0 spiro atoms. The third-order valence-electron chi connectivity index (χ3n) is 3.53. The Morgan fingerprint density at radius 1 is 1.35 bits per heavy atom. The van der Waals surface area contributed by atoms with Crippen LogP contribution in [0.4, 0.5) is 5.69 Å². The molecule has 1 unspecified atom stereocenters. The molecule has 2 N–H and O–H groups in total. The lowest BCUT2D eigenvalue weighted by Crippen LogP contribution is -2.36. The Bertz CT molecular complexity index is 335. The maximum atomic E-state index is 5.65. The Hall–Kier alpha value is -1.22. The summed E-state index contributed by atoms with van der Waals surface area (Å²) in [5.74, 6) is 1.68. The average molecular weight is 234 g/mol. The minimum Gasteiger partial charge on any atom is -0.497 e. The van der Waals surface area contributed by atoms with Crippen molar-refractivity contribution in [3.63, 3.8) is 0 Å². The summed E-state index contributed by atoms with van der Waals surface area (Å²) in [6.07, 6.45) is 3.74. The molecule has 0 saturated carbocycles. The van der Waals surface area contributed by atoms with Crippen molar-refractivity contribution in [2.24, 2.45) is 11.7 Å². The normalized spacial score (nSPS) is 20.4. The maximum Gasteiger partial charge on any atom is 0.119 e. The molecule has 17 heavy (non-hydrogen) atoms. The van der Waals surface area contributed by atoms with E-state index >= 15 is 0 Å². The first kappa shape index (κ1) is 12.2. The standard InChI is InChI=1S/C14H22N2O/c1-17-14-6-4-13(5-7-14)16-10-2-3-12(11-16)8-9-15/h4-7,12H,2-3,8-11,15H2,1H3. The summed E-state index contributed by atoms with van der Waals surface area (Å²) in [4.78, 5) is 2.46. The zero-order chi connectivity index (χ0) is 12.1. The van der Waals surface area contributed by atoms with E-state index in [1.54, 1.807) is 7.11 Å². The number of ether oxygens (including phenoxy) is 1. The summed E-state index contributed by atoms with van der Waals surface area (Å²) in [5.41, 5.74) is 6.94. The minimum absolute atomic E-state index is 0.760. The van der Waals surface area contributed by atoms with Crippen molar-refractivity contribution in [3.8, 4) is 5.75 Å². The maximum absolute atomic E-state index is 5.65. The van der Waals surface area contributed by atoms with Crippen LogP contribution >= 0.6 is 0 Å². The van der Waals surface area contributed by atoms with Crippen LogP contribution in [0.3, 0.4) is 0 Å². The van der Waals surface area contributed by atoms with Crippen LogP contribution in [0.1, 0.15) is 19.3 Å². The van der Waals surface area contributed by atoms with Gasteiger partial charge in [0.25, 0.3) is 0 Å². The van der Waals surface area contributed by atoms with Gasteiger partial charge >= 0.3 is 0 Å². The smallest absolute Gasteiger partial charge is 0.119 e. The fourth-order valence-corrected chi connectivity index (χ4v) is 2.56. The molecule has 3 heteroatoms. The third kappa shape index (κ3) is 3.13. The number of methoxy groups -OCH3 is 1. The van der Waals surface area contributed by atoms with Crippen LogP contribution in [0.2, 0.25) is 0 Å². The largest absolute Gasteiger partial charge is 0.497 e. The van der Waals surface area contributed by atoms with Crippen LogP contribution in [0.5, 0.6) is 5.75 Å². The Morgan fingerprint density at radius 2 is 2.12 bits per heavy atom. The fourth-order valence-electron chi connectivity index (χ4n) is 2.56. The number of nitrogens with zero attached hydrogens (tertiary/aromatic N) is 1. The molecule has 94 valence electrons. The van der Waals surface area contributed by atoms with Crippen LogP contribution < -0.4 is 15.4 Å². The number of hydrogen-bond acceptors (Lipinski definition) is 3. The molecule has 1 heterocycles. The van der Waals surface area contributed by atoms with Crippen molar-refractivity contribution < 1.29 is 4.74 Å². The van der Waals surface area contributed by atoms with E-state index < -0.39 is 0 Å². The van der Waals surface area contributed by atoms with Gasteiger partial charge < -0.3 is 15.4 Å². The summed E-state index contributed by atoms with van der Waals surface area (Å²) in [7, 11) is 1.70. The Balaban J connectivity index is 2.00. The molecule has 0 radical (unpaired) electrons. The van der Waals surface area contributed by atoms with E-state index in [4.69, 9.17) is 10.5 Å². The van der Waals surface area contributed by atoms with Crippen LogP contribution in [0.15, 0.2) is 24.3 Å². The number of piperidine rings is 1. The van der Waals surface area contributed by atoms with Gasteiger partial charge in [-0.05, 0) is 56.0 Å². The first-order valence-corrected chi connectivity index (χ1v) is 6.42. The third-order valence-corrected chi connectivity index (χ3v) is 3.53. The predicted molar refractivity (Wildman–Crippen MR) is 71.6 cm³/mol. The van der Waals surface area contributed by atoms with Crippen molar-refractivity contribution in [1.82, 2.24) is 0 Å². The van der Waals surface area contributed by atoms with Gasteiger partial charge in [-0.1, -0.05) is 0 Å². The minimum atomic E-state index is 0.760. The zero-order valence-corrected chi connectivity index (χ0v) is 10.6. The SMILES string of the molecule is COc1ccc(N2CCCC(CCN)C2)cc1. The van der Waals surface area contributed by atoms with Crippen molar-refractivity contribution in [2.45, 2.75) is 19.3 Å².